The molecule has 0 spiro atoms. The predicted octanol–water partition coefficient (Wildman–Crippen LogP) is 0.818. The minimum atomic E-state index is -0.924. The van der Waals surface area contributed by atoms with Crippen LogP contribution in [-0.2, 0) is 9.59 Å². The third kappa shape index (κ3) is 3.97. The van der Waals surface area contributed by atoms with Gasteiger partial charge in [0.2, 0.25) is 17.8 Å². The van der Waals surface area contributed by atoms with E-state index in [1.165, 1.54) is 0 Å². The fourth-order valence-electron chi connectivity index (χ4n) is 4.36. The second kappa shape index (κ2) is 7.88. The first-order valence-corrected chi connectivity index (χ1v) is 10.6. The Morgan fingerprint density at radius 2 is 2.00 bits per heavy atom. The van der Waals surface area contributed by atoms with Crippen molar-refractivity contribution in [2.75, 3.05) is 23.3 Å². The number of hydrogen-bond acceptors (Lipinski definition) is 8. The van der Waals surface area contributed by atoms with Gasteiger partial charge in [-0.3, -0.25) is 14.9 Å². The number of hydrogen-bond donors (Lipinski definition) is 3. The summed E-state index contributed by atoms with van der Waals surface area (Å²) in [5.41, 5.74) is 1.41. The molecule has 0 bridgehead atoms. The fourth-order valence-corrected chi connectivity index (χ4v) is 4.36. The molecule has 0 radical (unpaired) electrons. The molecule has 3 N–H and O–H groups in total. The molecule has 164 valence electrons. The standard InChI is InChI=1S/C20H24FN7O3/c21-13-5-6-27(10-13)20-26-19(23-14-1-3-15(29)4-2-14)25-17-12(9-22-28(17)20)7-11-8-16(30)24-18(11)31/h7,9,13-15,29H,1-6,8,10H2,(H,23,25)(H,24,30,31)/b11-7+/t13-,14-,15-/m1/s1. The van der Waals surface area contributed by atoms with Crippen molar-refractivity contribution in [3.05, 3.63) is 17.3 Å². The van der Waals surface area contributed by atoms with Crippen LogP contribution in [0.15, 0.2) is 11.8 Å². The quantitative estimate of drug-likeness (QED) is 0.482. The van der Waals surface area contributed by atoms with Gasteiger partial charge in [-0.15, -0.1) is 0 Å². The van der Waals surface area contributed by atoms with Crippen LogP contribution in [0.2, 0.25) is 0 Å². The normalized spacial score (nSPS) is 28.0. The van der Waals surface area contributed by atoms with Crippen LogP contribution in [0, 0.1) is 0 Å². The summed E-state index contributed by atoms with van der Waals surface area (Å²) in [5.74, 6) is 0.131. The average Bonchev–Trinajstić information content (AvgIpc) is 3.43. The van der Waals surface area contributed by atoms with E-state index in [1.54, 1.807) is 16.8 Å². The summed E-state index contributed by atoms with van der Waals surface area (Å²) in [6, 6.07) is 0.133. The molecule has 0 unspecified atom stereocenters. The predicted molar refractivity (Wildman–Crippen MR) is 110 cm³/mol. The molecule has 1 aliphatic carbocycles. The lowest BCUT2D eigenvalue weighted by molar-refractivity contribution is -0.124. The van der Waals surface area contributed by atoms with Gasteiger partial charge in [0.1, 0.15) is 6.17 Å². The van der Waals surface area contributed by atoms with E-state index in [1.807, 2.05) is 4.90 Å². The molecule has 2 amide bonds. The molecular formula is C20H24FN7O3. The maximum atomic E-state index is 13.9. The number of rotatable bonds is 4. The number of alkyl halides is 1. The molecule has 3 aliphatic rings. The van der Waals surface area contributed by atoms with E-state index < -0.39 is 12.1 Å². The third-order valence-electron chi connectivity index (χ3n) is 6.05. The molecular weight excluding hydrogens is 405 g/mol. The smallest absolute Gasteiger partial charge is 0.254 e. The van der Waals surface area contributed by atoms with Crippen molar-refractivity contribution in [1.29, 1.82) is 0 Å². The fraction of sp³-hybridized carbons (Fsp3) is 0.550. The number of fused-ring (bicyclic) bond motifs is 1. The molecule has 2 aromatic heterocycles. The number of aliphatic hydroxyl groups excluding tert-OH is 1. The highest BCUT2D eigenvalue weighted by molar-refractivity contribution is 6.15. The van der Waals surface area contributed by atoms with Crippen molar-refractivity contribution in [2.45, 2.75) is 56.8 Å². The van der Waals surface area contributed by atoms with E-state index in [2.05, 4.69) is 25.7 Å². The number of amides is 2. The van der Waals surface area contributed by atoms with E-state index in [-0.39, 0.29) is 31.0 Å². The lowest BCUT2D eigenvalue weighted by atomic mass is 9.93. The zero-order chi connectivity index (χ0) is 21.5. The van der Waals surface area contributed by atoms with Gasteiger partial charge >= 0.3 is 0 Å². The Bertz CT molecular complexity index is 1060. The Kier molecular flexibility index (Phi) is 5.05. The topological polar surface area (TPSA) is 125 Å². The van der Waals surface area contributed by atoms with Crippen LogP contribution in [0.5, 0.6) is 0 Å². The van der Waals surface area contributed by atoms with Crippen LogP contribution < -0.4 is 15.5 Å². The Labute approximate surface area is 177 Å². The van der Waals surface area contributed by atoms with Crippen LogP contribution in [-0.4, -0.2) is 67.9 Å². The first-order valence-electron chi connectivity index (χ1n) is 10.6. The van der Waals surface area contributed by atoms with Gasteiger partial charge in [-0.1, -0.05) is 0 Å². The van der Waals surface area contributed by atoms with Crippen molar-refractivity contribution < 1.29 is 19.1 Å². The van der Waals surface area contributed by atoms with E-state index in [0.29, 0.717) is 41.6 Å². The number of halogens is 1. The average molecular weight is 429 g/mol. The number of aromatic nitrogens is 4. The number of nitrogens with one attached hydrogen (secondary N) is 2. The summed E-state index contributed by atoms with van der Waals surface area (Å²) in [5, 5.41) is 19.7. The van der Waals surface area contributed by atoms with Crippen molar-refractivity contribution in [2.24, 2.45) is 0 Å². The maximum Gasteiger partial charge on any atom is 0.254 e. The minimum Gasteiger partial charge on any atom is -0.393 e. The van der Waals surface area contributed by atoms with Gasteiger partial charge in [-0.25, -0.2) is 4.39 Å². The highest BCUT2D eigenvalue weighted by atomic mass is 19.1. The summed E-state index contributed by atoms with van der Waals surface area (Å²) >= 11 is 0. The second-order valence-electron chi connectivity index (χ2n) is 8.39. The van der Waals surface area contributed by atoms with Gasteiger partial charge in [0.05, 0.1) is 25.3 Å². The van der Waals surface area contributed by atoms with Crippen molar-refractivity contribution in [3.63, 3.8) is 0 Å². The Balaban J connectivity index is 1.53. The van der Waals surface area contributed by atoms with Crippen LogP contribution >= 0.6 is 0 Å². The number of carbonyl (C=O) groups is 2. The summed E-state index contributed by atoms with van der Waals surface area (Å²) < 4.78 is 15.4. The van der Waals surface area contributed by atoms with E-state index in [4.69, 9.17) is 0 Å². The largest absolute Gasteiger partial charge is 0.393 e. The number of imide groups is 1. The van der Waals surface area contributed by atoms with Gasteiger partial charge in [0.15, 0.2) is 5.65 Å². The van der Waals surface area contributed by atoms with Crippen LogP contribution in [0.1, 0.15) is 44.1 Å². The van der Waals surface area contributed by atoms with Crippen LogP contribution in [0.3, 0.4) is 0 Å². The molecule has 0 aromatic carbocycles. The Hall–Kier alpha value is -3.08. The van der Waals surface area contributed by atoms with Crippen molar-refractivity contribution in [3.8, 4) is 0 Å². The van der Waals surface area contributed by atoms with Gasteiger partial charge in [0.25, 0.3) is 5.91 Å². The van der Waals surface area contributed by atoms with Crippen molar-refractivity contribution >= 4 is 35.4 Å². The zero-order valence-electron chi connectivity index (χ0n) is 16.9. The Morgan fingerprint density at radius 1 is 1.19 bits per heavy atom. The maximum absolute atomic E-state index is 13.9. The molecule has 11 heteroatoms. The van der Waals surface area contributed by atoms with Crippen molar-refractivity contribution in [1.82, 2.24) is 24.9 Å². The highest BCUT2D eigenvalue weighted by Crippen LogP contribution is 2.27. The SMILES string of the molecule is O=C1C/C(=C\c2cnn3c(N4CC[C@@H](F)C4)nc(N[C@H]4CC[C@H](O)CC4)nc23)C(=O)N1. The molecule has 2 aromatic rings. The summed E-state index contributed by atoms with van der Waals surface area (Å²) in [4.78, 5) is 34.6. The van der Waals surface area contributed by atoms with Gasteiger partial charge in [-0.2, -0.15) is 19.6 Å². The van der Waals surface area contributed by atoms with Gasteiger partial charge in [0, 0.05) is 23.7 Å². The van der Waals surface area contributed by atoms with Gasteiger partial charge in [-0.05, 0) is 38.2 Å². The minimum absolute atomic E-state index is 0.0132. The molecule has 10 nitrogen and oxygen atoms in total. The highest BCUT2D eigenvalue weighted by Gasteiger charge is 2.28. The van der Waals surface area contributed by atoms with E-state index in [9.17, 15) is 19.1 Å². The molecule has 3 fully saturated rings. The molecule has 2 saturated heterocycles. The molecule has 4 heterocycles. The lowest BCUT2D eigenvalue weighted by Crippen LogP contribution is -2.30. The summed E-state index contributed by atoms with van der Waals surface area (Å²) in [6.45, 7) is 0.754. The summed E-state index contributed by atoms with van der Waals surface area (Å²) in [6.07, 6.45) is 5.48. The number of carbonyl (C=O) groups excluding carboxylic acids is 2. The number of anilines is 2. The third-order valence-corrected chi connectivity index (χ3v) is 6.05. The first-order chi connectivity index (χ1) is 15.0. The zero-order valence-corrected chi connectivity index (χ0v) is 16.9. The number of nitrogens with zero attached hydrogens (tertiary/aromatic N) is 5. The lowest BCUT2D eigenvalue weighted by Gasteiger charge is -2.26. The summed E-state index contributed by atoms with van der Waals surface area (Å²) in [7, 11) is 0. The van der Waals surface area contributed by atoms with E-state index in [0.717, 1.165) is 25.7 Å². The second-order valence-corrected chi connectivity index (χ2v) is 8.39. The Morgan fingerprint density at radius 3 is 2.68 bits per heavy atom. The number of aliphatic hydroxyl groups is 1. The molecule has 31 heavy (non-hydrogen) atoms. The molecule has 1 atom stereocenters. The monoisotopic (exact) mass is 429 g/mol. The van der Waals surface area contributed by atoms with Gasteiger partial charge < -0.3 is 15.3 Å². The van der Waals surface area contributed by atoms with Crippen LogP contribution in [0.4, 0.5) is 16.3 Å². The molecule has 1 saturated carbocycles. The molecule has 2 aliphatic heterocycles. The van der Waals surface area contributed by atoms with Crippen LogP contribution in [0.25, 0.3) is 11.7 Å². The van der Waals surface area contributed by atoms with E-state index >= 15 is 0 Å². The molecule has 5 rings (SSSR count). The first kappa shape index (κ1) is 19.9.